The number of nitrogens with zero attached hydrogens (tertiary/aromatic N) is 1. The van der Waals surface area contributed by atoms with E-state index < -0.39 is 20.7 Å². The summed E-state index contributed by atoms with van der Waals surface area (Å²) in [6.07, 6.45) is 3.04. The van der Waals surface area contributed by atoms with Gasteiger partial charge in [-0.1, -0.05) is 6.07 Å². The van der Waals surface area contributed by atoms with Gasteiger partial charge in [0.15, 0.2) is 0 Å². The van der Waals surface area contributed by atoms with Crippen LogP contribution in [0.25, 0.3) is 0 Å². The highest BCUT2D eigenvalue weighted by Crippen LogP contribution is 2.21. The number of H-pyrrole nitrogens is 1. The maximum atomic E-state index is 13.5. The average Bonchev–Trinajstić information content (AvgIpc) is 2.78. The van der Waals surface area contributed by atoms with E-state index in [0.717, 1.165) is 6.07 Å². The monoisotopic (exact) mass is 270 g/mol. The third-order valence-electron chi connectivity index (χ3n) is 2.25. The number of hydrogen-bond acceptors (Lipinski definition) is 4. The molecule has 6 nitrogen and oxygen atoms in total. The Hall–Kier alpha value is -1.93. The van der Waals surface area contributed by atoms with Crippen molar-refractivity contribution in [3.63, 3.8) is 0 Å². The van der Waals surface area contributed by atoms with Gasteiger partial charge in [0.25, 0.3) is 0 Å². The van der Waals surface area contributed by atoms with Gasteiger partial charge in [-0.15, -0.1) is 0 Å². The van der Waals surface area contributed by atoms with Crippen LogP contribution in [-0.2, 0) is 16.6 Å². The van der Waals surface area contributed by atoms with Gasteiger partial charge in [0.05, 0.1) is 12.2 Å². The first kappa shape index (κ1) is 12.5. The highest BCUT2D eigenvalue weighted by molar-refractivity contribution is 7.89. The van der Waals surface area contributed by atoms with E-state index in [2.05, 4.69) is 14.7 Å². The Morgan fingerprint density at radius 2 is 2.22 bits per heavy atom. The maximum Gasteiger partial charge on any atom is 0.245 e. The summed E-state index contributed by atoms with van der Waals surface area (Å²) in [7, 11) is -4.01. The molecule has 0 saturated heterocycles. The number of hydrogen-bond donors (Lipinski definition) is 3. The molecule has 0 saturated carbocycles. The van der Waals surface area contributed by atoms with Crippen LogP contribution in [0, 0.1) is 5.82 Å². The summed E-state index contributed by atoms with van der Waals surface area (Å²) in [5.41, 5.74) is 5.34. The zero-order valence-electron chi connectivity index (χ0n) is 9.22. The van der Waals surface area contributed by atoms with E-state index in [4.69, 9.17) is 5.73 Å². The molecule has 0 bridgehead atoms. The molecule has 0 spiro atoms. The minimum Gasteiger partial charge on any atom is -0.398 e. The molecule has 4 N–H and O–H groups in total. The number of nitrogen functional groups attached to an aromatic ring is 1. The minimum absolute atomic E-state index is 0.0664. The fraction of sp³-hybridized carbons (Fsp3) is 0.100. The van der Waals surface area contributed by atoms with E-state index in [-0.39, 0.29) is 12.2 Å². The van der Waals surface area contributed by atoms with Crippen molar-refractivity contribution in [3.8, 4) is 0 Å². The average molecular weight is 270 g/mol. The van der Waals surface area contributed by atoms with Gasteiger partial charge in [-0.25, -0.2) is 22.5 Å². The lowest BCUT2D eigenvalue weighted by atomic mass is 10.3. The normalized spacial score (nSPS) is 11.6. The standard InChI is InChI=1S/C10H11FN4O2S/c11-7-2-1-3-8(12)10(7)18(16,17)15-6-9-13-4-5-14-9/h1-5,15H,6,12H2,(H,13,14). The number of aromatic amines is 1. The molecule has 0 atom stereocenters. The van der Waals surface area contributed by atoms with Crippen molar-refractivity contribution >= 4 is 15.7 Å². The Morgan fingerprint density at radius 3 is 2.83 bits per heavy atom. The predicted molar refractivity (Wildman–Crippen MR) is 63.4 cm³/mol. The quantitative estimate of drug-likeness (QED) is 0.708. The SMILES string of the molecule is Nc1cccc(F)c1S(=O)(=O)NCc1ncc[nH]1. The number of nitrogens with one attached hydrogen (secondary N) is 2. The van der Waals surface area contributed by atoms with Gasteiger partial charge in [0, 0.05) is 12.4 Å². The molecule has 96 valence electrons. The molecule has 1 aromatic carbocycles. The summed E-state index contributed by atoms with van der Waals surface area (Å²) in [5.74, 6) is -0.463. The van der Waals surface area contributed by atoms with E-state index in [0.29, 0.717) is 5.82 Å². The third-order valence-corrected chi connectivity index (χ3v) is 3.74. The first-order valence-electron chi connectivity index (χ1n) is 5.02. The van der Waals surface area contributed by atoms with Crippen molar-refractivity contribution in [3.05, 3.63) is 42.2 Å². The first-order valence-corrected chi connectivity index (χ1v) is 6.51. The van der Waals surface area contributed by atoms with Crippen molar-refractivity contribution < 1.29 is 12.8 Å². The Balaban J connectivity index is 2.26. The number of halogens is 1. The van der Waals surface area contributed by atoms with Crippen LogP contribution >= 0.6 is 0 Å². The summed E-state index contributed by atoms with van der Waals surface area (Å²) in [5, 5.41) is 0. The highest BCUT2D eigenvalue weighted by Gasteiger charge is 2.21. The molecule has 0 unspecified atom stereocenters. The second-order valence-electron chi connectivity index (χ2n) is 3.52. The fourth-order valence-corrected chi connectivity index (χ4v) is 2.61. The number of rotatable bonds is 4. The fourth-order valence-electron chi connectivity index (χ4n) is 1.44. The lowest BCUT2D eigenvalue weighted by Gasteiger charge is -2.08. The first-order chi connectivity index (χ1) is 8.50. The van der Waals surface area contributed by atoms with E-state index in [1.165, 1.54) is 18.3 Å². The number of aromatic nitrogens is 2. The number of benzene rings is 1. The Morgan fingerprint density at radius 1 is 1.44 bits per heavy atom. The van der Waals surface area contributed by atoms with Crippen molar-refractivity contribution in [2.45, 2.75) is 11.4 Å². The van der Waals surface area contributed by atoms with Crippen LogP contribution in [0.5, 0.6) is 0 Å². The minimum atomic E-state index is -4.01. The van der Waals surface area contributed by atoms with E-state index in [1.54, 1.807) is 6.20 Å². The van der Waals surface area contributed by atoms with Crippen LogP contribution in [0.3, 0.4) is 0 Å². The molecule has 0 radical (unpaired) electrons. The molecular formula is C10H11FN4O2S. The zero-order chi connectivity index (χ0) is 13.2. The second-order valence-corrected chi connectivity index (χ2v) is 5.22. The molecule has 0 aliphatic heterocycles. The van der Waals surface area contributed by atoms with Crippen molar-refractivity contribution in [1.29, 1.82) is 0 Å². The molecular weight excluding hydrogens is 259 g/mol. The van der Waals surface area contributed by atoms with Gasteiger partial charge in [0.2, 0.25) is 10.0 Å². The van der Waals surface area contributed by atoms with Crippen LogP contribution < -0.4 is 10.5 Å². The van der Waals surface area contributed by atoms with Crippen molar-refractivity contribution in [2.75, 3.05) is 5.73 Å². The van der Waals surface area contributed by atoms with Crippen LogP contribution in [0.15, 0.2) is 35.5 Å². The van der Waals surface area contributed by atoms with Crippen molar-refractivity contribution in [1.82, 2.24) is 14.7 Å². The second kappa shape index (κ2) is 4.75. The summed E-state index contributed by atoms with van der Waals surface area (Å²) < 4.78 is 39.5. The van der Waals surface area contributed by atoms with Crippen LogP contribution in [0.4, 0.5) is 10.1 Å². The molecule has 8 heteroatoms. The summed E-state index contributed by atoms with van der Waals surface area (Å²) >= 11 is 0. The van der Waals surface area contributed by atoms with Crippen LogP contribution in [0.2, 0.25) is 0 Å². The van der Waals surface area contributed by atoms with Crippen molar-refractivity contribution in [2.24, 2.45) is 0 Å². The number of sulfonamides is 1. The maximum absolute atomic E-state index is 13.5. The molecule has 0 amide bonds. The Labute approximate surface area is 103 Å². The molecule has 2 aromatic rings. The predicted octanol–water partition coefficient (Wildman–Crippen LogP) is 0.610. The van der Waals surface area contributed by atoms with Crippen LogP contribution in [-0.4, -0.2) is 18.4 Å². The van der Waals surface area contributed by atoms with E-state index >= 15 is 0 Å². The number of anilines is 1. The topological polar surface area (TPSA) is 101 Å². The van der Waals surface area contributed by atoms with Gasteiger partial charge in [-0.3, -0.25) is 0 Å². The summed E-state index contributed by atoms with van der Waals surface area (Å²) in [6.45, 7) is -0.0664. The Kier molecular flexibility index (Phi) is 3.30. The zero-order valence-corrected chi connectivity index (χ0v) is 10.0. The molecule has 1 heterocycles. The lowest BCUT2D eigenvalue weighted by Crippen LogP contribution is -2.25. The number of nitrogens with two attached hydrogens (primary N) is 1. The van der Waals surface area contributed by atoms with Gasteiger partial charge in [-0.2, -0.15) is 0 Å². The molecule has 0 aliphatic carbocycles. The molecule has 0 fully saturated rings. The molecule has 0 aliphatic rings. The molecule has 18 heavy (non-hydrogen) atoms. The highest BCUT2D eigenvalue weighted by atomic mass is 32.2. The smallest absolute Gasteiger partial charge is 0.245 e. The molecule has 1 aromatic heterocycles. The lowest BCUT2D eigenvalue weighted by molar-refractivity contribution is 0.557. The van der Waals surface area contributed by atoms with Gasteiger partial charge in [0.1, 0.15) is 16.5 Å². The van der Waals surface area contributed by atoms with E-state index in [1.807, 2.05) is 0 Å². The van der Waals surface area contributed by atoms with Gasteiger partial charge >= 0.3 is 0 Å². The third kappa shape index (κ3) is 2.49. The van der Waals surface area contributed by atoms with E-state index in [9.17, 15) is 12.8 Å². The number of imidazole rings is 1. The largest absolute Gasteiger partial charge is 0.398 e. The molecule has 2 rings (SSSR count). The summed E-state index contributed by atoms with van der Waals surface area (Å²) in [6, 6.07) is 3.71. The summed E-state index contributed by atoms with van der Waals surface area (Å²) in [4.78, 5) is 6.03. The van der Waals surface area contributed by atoms with Gasteiger partial charge < -0.3 is 10.7 Å². The van der Waals surface area contributed by atoms with Crippen LogP contribution in [0.1, 0.15) is 5.82 Å². The Bertz CT molecular complexity index is 620. The van der Waals surface area contributed by atoms with Gasteiger partial charge in [-0.05, 0) is 12.1 Å².